The highest BCUT2D eigenvalue weighted by atomic mass is 16.2. The summed E-state index contributed by atoms with van der Waals surface area (Å²) in [6.07, 6.45) is 0.954. The summed E-state index contributed by atoms with van der Waals surface area (Å²) in [4.78, 5) is 14.8. The summed E-state index contributed by atoms with van der Waals surface area (Å²) in [5.41, 5.74) is 2.78. The number of hydrogen-bond acceptors (Lipinski definition) is 2. The molecule has 4 rings (SSSR count). The summed E-state index contributed by atoms with van der Waals surface area (Å²) in [7, 11) is 0. The number of carbonyl (C=O) groups excluding carboxylic acids is 1. The van der Waals surface area contributed by atoms with Crippen LogP contribution >= 0.6 is 0 Å². The minimum Gasteiger partial charge on any atom is -0.362 e. The van der Waals surface area contributed by atoms with Gasteiger partial charge in [0.05, 0.1) is 0 Å². The highest BCUT2D eigenvalue weighted by Crippen LogP contribution is 2.54. The Morgan fingerprint density at radius 2 is 1.78 bits per heavy atom. The molecule has 2 heterocycles. The van der Waals surface area contributed by atoms with E-state index in [0.29, 0.717) is 0 Å². The van der Waals surface area contributed by atoms with Gasteiger partial charge in [0.2, 0.25) is 0 Å². The number of carbonyl (C=O) groups is 1. The van der Waals surface area contributed by atoms with Crippen LogP contribution in [0.2, 0.25) is 0 Å². The Bertz CT molecular complexity index is 760. The third kappa shape index (κ3) is 1.87. The average molecular weight is 307 g/mol. The molecule has 0 radical (unpaired) electrons. The molecule has 2 amide bonds. The molecular formula is C19H21N3O. The molecule has 2 aliphatic rings. The van der Waals surface area contributed by atoms with E-state index in [-0.39, 0.29) is 11.4 Å². The van der Waals surface area contributed by atoms with Gasteiger partial charge in [-0.1, -0.05) is 43.3 Å². The van der Waals surface area contributed by atoms with Crippen molar-refractivity contribution in [2.45, 2.75) is 31.3 Å². The van der Waals surface area contributed by atoms with Crippen molar-refractivity contribution in [3.63, 3.8) is 0 Å². The zero-order valence-electron chi connectivity index (χ0n) is 13.5. The number of anilines is 2. The molecule has 2 atom stereocenters. The lowest BCUT2D eigenvalue weighted by Gasteiger charge is -2.40. The van der Waals surface area contributed by atoms with Gasteiger partial charge in [0, 0.05) is 23.3 Å². The van der Waals surface area contributed by atoms with Crippen LogP contribution in [0, 0.1) is 0 Å². The first kappa shape index (κ1) is 14.1. The Morgan fingerprint density at radius 1 is 1.09 bits per heavy atom. The van der Waals surface area contributed by atoms with E-state index in [9.17, 15) is 4.79 Å². The van der Waals surface area contributed by atoms with Crippen LogP contribution in [-0.2, 0) is 5.41 Å². The molecule has 2 aromatic rings. The molecule has 0 spiro atoms. The largest absolute Gasteiger partial charge is 0.362 e. The van der Waals surface area contributed by atoms with Crippen molar-refractivity contribution >= 4 is 17.4 Å². The maximum absolute atomic E-state index is 12.8. The molecule has 0 saturated carbocycles. The van der Waals surface area contributed by atoms with Gasteiger partial charge in [-0.2, -0.15) is 0 Å². The summed E-state index contributed by atoms with van der Waals surface area (Å²) in [5.74, 6) is 0. The first-order valence-electron chi connectivity index (χ1n) is 8.06. The number of rotatable bonds is 1. The van der Waals surface area contributed by atoms with E-state index in [0.717, 1.165) is 24.3 Å². The van der Waals surface area contributed by atoms with Crippen molar-refractivity contribution in [1.82, 2.24) is 4.90 Å². The van der Waals surface area contributed by atoms with Gasteiger partial charge in [-0.15, -0.1) is 0 Å². The molecule has 2 aliphatic heterocycles. The summed E-state index contributed by atoms with van der Waals surface area (Å²) in [6.45, 7) is 5.12. The number of nitrogens with one attached hydrogen (secondary N) is 2. The van der Waals surface area contributed by atoms with Crippen molar-refractivity contribution in [3.8, 4) is 0 Å². The molecule has 0 unspecified atom stereocenters. The lowest BCUT2D eigenvalue weighted by molar-refractivity contribution is 0.160. The predicted octanol–water partition coefficient (Wildman–Crippen LogP) is 4.02. The molecule has 0 aromatic heterocycles. The molecule has 1 saturated heterocycles. The Kier molecular flexibility index (Phi) is 2.92. The SMILES string of the molecule is C[C@@]12Nc3ccccc3[C@@]1(C)CCN2C(=O)Nc1ccccc1. The minimum absolute atomic E-state index is 0.0530. The molecule has 4 nitrogen and oxygen atoms in total. The van der Waals surface area contributed by atoms with E-state index < -0.39 is 5.66 Å². The highest BCUT2D eigenvalue weighted by molar-refractivity contribution is 5.91. The Hall–Kier alpha value is -2.49. The van der Waals surface area contributed by atoms with Gasteiger partial charge in [-0.3, -0.25) is 0 Å². The Morgan fingerprint density at radius 3 is 2.57 bits per heavy atom. The Balaban J connectivity index is 1.65. The predicted molar refractivity (Wildman–Crippen MR) is 92.6 cm³/mol. The zero-order chi connectivity index (χ0) is 16.1. The van der Waals surface area contributed by atoms with E-state index in [1.807, 2.05) is 41.3 Å². The Labute approximate surface area is 136 Å². The van der Waals surface area contributed by atoms with Crippen LogP contribution in [0.1, 0.15) is 25.8 Å². The first-order chi connectivity index (χ1) is 11.0. The lowest BCUT2D eigenvalue weighted by Crippen LogP contribution is -2.57. The number of para-hydroxylation sites is 2. The fourth-order valence-electron chi connectivity index (χ4n) is 4.06. The van der Waals surface area contributed by atoms with Gasteiger partial charge in [-0.05, 0) is 37.1 Å². The van der Waals surface area contributed by atoms with Crippen LogP contribution in [0.4, 0.5) is 16.2 Å². The normalized spacial score (nSPS) is 28.0. The molecule has 118 valence electrons. The maximum atomic E-state index is 12.8. The third-order valence-corrected chi connectivity index (χ3v) is 5.62. The summed E-state index contributed by atoms with van der Waals surface area (Å²) in [6, 6.07) is 17.9. The summed E-state index contributed by atoms with van der Waals surface area (Å²) in [5, 5.41) is 6.61. The number of hydrogen-bond donors (Lipinski definition) is 2. The van der Waals surface area contributed by atoms with Gasteiger partial charge in [0.15, 0.2) is 0 Å². The van der Waals surface area contributed by atoms with Crippen LogP contribution in [0.3, 0.4) is 0 Å². The quantitative estimate of drug-likeness (QED) is 0.835. The topological polar surface area (TPSA) is 44.4 Å². The van der Waals surface area contributed by atoms with Crippen molar-refractivity contribution in [2.75, 3.05) is 17.2 Å². The van der Waals surface area contributed by atoms with Crippen LogP contribution in [0.25, 0.3) is 0 Å². The fraction of sp³-hybridized carbons (Fsp3) is 0.316. The van der Waals surface area contributed by atoms with Gasteiger partial charge < -0.3 is 15.5 Å². The maximum Gasteiger partial charge on any atom is 0.323 e. The van der Waals surface area contributed by atoms with Crippen molar-refractivity contribution in [2.24, 2.45) is 0 Å². The van der Waals surface area contributed by atoms with Crippen molar-refractivity contribution < 1.29 is 4.79 Å². The van der Waals surface area contributed by atoms with Crippen molar-refractivity contribution in [3.05, 3.63) is 60.2 Å². The molecule has 0 aliphatic carbocycles. The molecule has 1 fully saturated rings. The second-order valence-electron chi connectivity index (χ2n) is 6.77. The van der Waals surface area contributed by atoms with Crippen LogP contribution in [0.5, 0.6) is 0 Å². The number of nitrogens with zero attached hydrogens (tertiary/aromatic N) is 1. The standard InChI is InChI=1S/C19H21N3O/c1-18-12-13-22(17(23)20-14-8-4-3-5-9-14)19(18,2)21-16-11-7-6-10-15(16)18/h3-11,21H,12-13H2,1-2H3,(H,20,23)/t18-,19+/m1/s1. The van der Waals surface area contributed by atoms with Gasteiger partial charge >= 0.3 is 6.03 Å². The second kappa shape index (κ2) is 4.75. The zero-order valence-corrected chi connectivity index (χ0v) is 13.5. The molecular weight excluding hydrogens is 286 g/mol. The number of amides is 2. The van der Waals surface area contributed by atoms with Gasteiger partial charge in [0.25, 0.3) is 0 Å². The van der Waals surface area contributed by atoms with E-state index in [4.69, 9.17) is 0 Å². The van der Waals surface area contributed by atoms with E-state index >= 15 is 0 Å². The van der Waals surface area contributed by atoms with Crippen LogP contribution < -0.4 is 10.6 Å². The van der Waals surface area contributed by atoms with Crippen LogP contribution in [0.15, 0.2) is 54.6 Å². The molecule has 2 aromatic carbocycles. The number of benzene rings is 2. The molecule has 23 heavy (non-hydrogen) atoms. The van der Waals surface area contributed by atoms with E-state index in [1.54, 1.807) is 0 Å². The molecule has 2 N–H and O–H groups in total. The summed E-state index contributed by atoms with van der Waals surface area (Å²) >= 11 is 0. The molecule has 0 bridgehead atoms. The minimum atomic E-state index is -0.407. The van der Waals surface area contributed by atoms with Crippen molar-refractivity contribution in [1.29, 1.82) is 0 Å². The summed E-state index contributed by atoms with van der Waals surface area (Å²) < 4.78 is 0. The first-order valence-corrected chi connectivity index (χ1v) is 8.06. The fourth-order valence-corrected chi connectivity index (χ4v) is 4.06. The third-order valence-electron chi connectivity index (χ3n) is 5.62. The number of fused-ring (bicyclic) bond motifs is 3. The van der Waals surface area contributed by atoms with Gasteiger partial charge in [0.1, 0.15) is 5.66 Å². The monoisotopic (exact) mass is 307 g/mol. The van der Waals surface area contributed by atoms with Crippen LogP contribution in [-0.4, -0.2) is 23.1 Å². The number of likely N-dealkylation sites (tertiary alicyclic amines) is 1. The second-order valence-corrected chi connectivity index (χ2v) is 6.77. The average Bonchev–Trinajstić information content (AvgIpc) is 2.93. The van der Waals surface area contributed by atoms with E-state index in [1.165, 1.54) is 5.56 Å². The molecule has 4 heteroatoms. The lowest BCUT2D eigenvalue weighted by atomic mass is 9.75. The smallest absolute Gasteiger partial charge is 0.323 e. The number of urea groups is 1. The van der Waals surface area contributed by atoms with E-state index in [2.05, 4.69) is 42.7 Å². The van der Waals surface area contributed by atoms with Gasteiger partial charge in [-0.25, -0.2) is 4.79 Å². The highest BCUT2D eigenvalue weighted by Gasteiger charge is 2.60.